The van der Waals surface area contributed by atoms with E-state index in [1.807, 2.05) is 0 Å². The molecule has 2 aliphatic heterocycles. The van der Waals surface area contributed by atoms with E-state index in [9.17, 15) is 0 Å². The molecule has 0 saturated heterocycles. The number of anilines is 8. The fraction of sp³-hybridized carbons (Fsp3) is 0.219. The molecular weight excluding hydrogens is 811 g/mol. The van der Waals surface area contributed by atoms with Crippen LogP contribution in [-0.2, 0) is 16.2 Å². The first-order valence-electron chi connectivity index (χ1n) is 24.0. The highest BCUT2D eigenvalue weighted by molar-refractivity contribution is 6.01. The van der Waals surface area contributed by atoms with Gasteiger partial charge in [0.05, 0.1) is 11.4 Å². The van der Waals surface area contributed by atoms with Gasteiger partial charge in [-0.1, -0.05) is 151 Å². The van der Waals surface area contributed by atoms with Gasteiger partial charge in [-0.2, -0.15) is 0 Å². The van der Waals surface area contributed by atoms with E-state index in [4.69, 9.17) is 0 Å². The van der Waals surface area contributed by atoms with E-state index < -0.39 is 5.41 Å². The first kappa shape index (κ1) is 42.5. The number of para-hydroxylation sites is 1. The van der Waals surface area contributed by atoms with Crippen molar-refractivity contribution in [3.05, 3.63) is 225 Å². The zero-order valence-electron chi connectivity index (χ0n) is 41.0. The van der Waals surface area contributed by atoms with Gasteiger partial charge >= 0.3 is 0 Å². The summed E-state index contributed by atoms with van der Waals surface area (Å²) in [4.78, 5) is 7.61. The quantitative estimate of drug-likeness (QED) is 0.165. The van der Waals surface area contributed by atoms with Crippen LogP contribution in [0.3, 0.4) is 0 Å². The Bertz CT molecular complexity index is 3430. The standard InChI is InChI=1S/C64H61N3/c1-40-29-41(2)32-48(31-40)66(58-27-16-21-44-19-12-14-23-52(44)58)50-36-46-35-47(37-50)63(7,8)56-38-51(39-57-61(56)65(11)60-54(62(46,5)6)25-18-26-55(60)64(57,9)10)67(49-33-42(3)30-43(4)34-49)59-28-17-22-45-20-13-15-24-53(45)59/h12-39H,1-11H3. The van der Waals surface area contributed by atoms with E-state index >= 15 is 0 Å². The normalized spacial score (nSPS) is 15.1. The lowest BCUT2D eigenvalue weighted by Gasteiger charge is -2.48. The highest BCUT2D eigenvalue weighted by Gasteiger charge is 2.44. The molecule has 0 saturated carbocycles. The smallest absolute Gasteiger partial charge is 0.0540 e. The van der Waals surface area contributed by atoms with Crippen LogP contribution >= 0.6 is 0 Å². The Hall–Kier alpha value is -7.10. The lowest BCUT2D eigenvalue weighted by Crippen LogP contribution is -2.37. The zero-order chi connectivity index (χ0) is 46.7. The minimum Gasteiger partial charge on any atom is -0.344 e. The molecule has 0 radical (unpaired) electrons. The molecule has 0 fully saturated rings. The molecule has 0 spiro atoms. The van der Waals surface area contributed by atoms with Crippen molar-refractivity contribution in [1.82, 2.24) is 0 Å². The molecule has 0 atom stereocenters. The summed E-state index contributed by atoms with van der Waals surface area (Å²) < 4.78 is 0. The van der Waals surface area contributed by atoms with Crippen LogP contribution in [-0.4, -0.2) is 7.05 Å². The van der Waals surface area contributed by atoms with E-state index in [-0.39, 0.29) is 10.8 Å². The molecule has 9 aromatic carbocycles. The fourth-order valence-corrected chi connectivity index (χ4v) is 11.8. The van der Waals surface area contributed by atoms with Crippen LogP contribution in [0.4, 0.5) is 45.5 Å². The Morgan fingerprint density at radius 3 is 1.19 bits per heavy atom. The third-order valence-electron chi connectivity index (χ3n) is 15.3. The van der Waals surface area contributed by atoms with Crippen LogP contribution in [0.25, 0.3) is 21.5 Å². The van der Waals surface area contributed by atoms with Crippen LogP contribution in [0.2, 0.25) is 0 Å². The molecule has 3 nitrogen and oxygen atoms in total. The molecule has 332 valence electrons. The second-order valence-electron chi connectivity index (χ2n) is 21.2. The maximum absolute atomic E-state index is 2.55. The Kier molecular flexibility index (Phi) is 9.66. The maximum Gasteiger partial charge on any atom is 0.0540 e. The van der Waals surface area contributed by atoms with Crippen molar-refractivity contribution in [2.45, 2.75) is 85.5 Å². The summed E-state index contributed by atoms with van der Waals surface area (Å²) >= 11 is 0. The van der Waals surface area contributed by atoms with Gasteiger partial charge in [-0.3, -0.25) is 0 Å². The number of aryl methyl sites for hydroxylation is 4. The lowest BCUT2D eigenvalue weighted by molar-refractivity contribution is 0.583. The summed E-state index contributed by atoms with van der Waals surface area (Å²) in [7, 11) is 2.32. The van der Waals surface area contributed by atoms with Crippen molar-refractivity contribution in [3.8, 4) is 0 Å². The van der Waals surface area contributed by atoms with Crippen molar-refractivity contribution in [2.75, 3.05) is 21.7 Å². The largest absolute Gasteiger partial charge is 0.344 e. The second kappa shape index (κ2) is 15.2. The molecule has 2 aliphatic rings. The van der Waals surface area contributed by atoms with Crippen LogP contribution in [0.1, 0.15) is 97.2 Å². The number of hydrogen-bond acceptors (Lipinski definition) is 3. The van der Waals surface area contributed by atoms with Gasteiger partial charge < -0.3 is 14.7 Å². The predicted octanol–water partition coefficient (Wildman–Crippen LogP) is 17.5. The van der Waals surface area contributed by atoms with Crippen LogP contribution in [0, 0.1) is 27.7 Å². The minimum atomic E-state index is -0.463. The Balaban J connectivity index is 1.25. The van der Waals surface area contributed by atoms with Crippen molar-refractivity contribution in [3.63, 3.8) is 0 Å². The number of nitrogens with zero attached hydrogens (tertiary/aromatic N) is 3. The average Bonchev–Trinajstić information content (AvgIpc) is 3.30. The molecule has 0 amide bonds. The summed E-state index contributed by atoms with van der Waals surface area (Å²) in [6.07, 6.45) is 0. The summed E-state index contributed by atoms with van der Waals surface area (Å²) in [5.74, 6) is 0. The van der Waals surface area contributed by atoms with E-state index in [1.165, 1.54) is 99.9 Å². The molecule has 9 aromatic rings. The minimum absolute atomic E-state index is 0.316. The van der Waals surface area contributed by atoms with Crippen LogP contribution in [0.5, 0.6) is 0 Å². The number of benzene rings is 9. The topological polar surface area (TPSA) is 9.72 Å². The van der Waals surface area contributed by atoms with Gasteiger partial charge in [0.25, 0.3) is 0 Å². The average molecular weight is 872 g/mol. The van der Waals surface area contributed by atoms with Gasteiger partial charge in [0.1, 0.15) is 0 Å². The maximum atomic E-state index is 2.55. The molecule has 0 aromatic heterocycles. The fourth-order valence-electron chi connectivity index (χ4n) is 11.8. The summed E-state index contributed by atoms with van der Waals surface area (Å²) in [6.45, 7) is 23.6. The van der Waals surface area contributed by atoms with E-state index in [1.54, 1.807) is 0 Å². The zero-order valence-corrected chi connectivity index (χ0v) is 41.0. The molecule has 0 aliphatic carbocycles. The van der Waals surface area contributed by atoms with Crippen LogP contribution in [0.15, 0.2) is 170 Å². The first-order chi connectivity index (χ1) is 32.0. The van der Waals surface area contributed by atoms with Crippen molar-refractivity contribution >= 4 is 67.0 Å². The molecule has 3 heteroatoms. The highest BCUT2D eigenvalue weighted by atomic mass is 15.2. The third-order valence-corrected chi connectivity index (χ3v) is 15.3. The molecule has 67 heavy (non-hydrogen) atoms. The van der Waals surface area contributed by atoms with E-state index in [2.05, 4.69) is 261 Å². The van der Waals surface area contributed by atoms with Gasteiger partial charge in [-0.05, 0) is 155 Å². The molecule has 0 unspecified atom stereocenters. The number of hydrogen-bond donors (Lipinski definition) is 0. The van der Waals surface area contributed by atoms with Gasteiger partial charge in [-0.25, -0.2) is 0 Å². The SMILES string of the molecule is Cc1cc(C)cc(N(c2cc3cc(c2)C(C)(C)c2cc(N(c4cc(C)cc(C)c4)c4cccc5ccccc45)cc4c2N(C)c2c(cccc2C4(C)C)C3(C)C)c2cccc3ccccc23)c1. The van der Waals surface area contributed by atoms with Crippen molar-refractivity contribution in [2.24, 2.45) is 0 Å². The van der Waals surface area contributed by atoms with Gasteiger partial charge in [-0.15, -0.1) is 0 Å². The molecule has 0 N–H and O–H groups in total. The second-order valence-corrected chi connectivity index (χ2v) is 21.2. The van der Waals surface area contributed by atoms with E-state index in [0.717, 1.165) is 22.7 Å². The van der Waals surface area contributed by atoms with Gasteiger partial charge in [0.2, 0.25) is 0 Å². The van der Waals surface area contributed by atoms with E-state index in [0.29, 0.717) is 0 Å². The monoisotopic (exact) mass is 871 g/mol. The third kappa shape index (κ3) is 6.68. The Morgan fingerprint density at radius 1 is 0.343 bits per heavy atom. The molecule has 2 heterocycles. The first-order valence-corrected chi connectivity index (χ1v) is 24.0. The highest BCUT2D eigenvalue weighted by Crippen LogP contribution is 2.59. The molecule has 4 bridgehead atoms. The molecular formula is C64H61N3. The number of fused-ring (bicyclic) bond motifs is 4. The molecule has 11 rings (SSSR count). The van der Waals surface area contributed by atoms with Gasteiger partial charge in [0, 0.05) is 68.2 Å². The van der Waals surface area contributed by atoms with Gasteiger partial charge in [0.15, 0.2) is 0 Å². The lowest BCUT2D eigenvalue weighted by atomic mass is 9.65. The van der Waals surface area contributed by atoms with Crippen LogP contribution < -0.4 is 14.7 Å². The summed E-state index contributed by atoms with van der Waals surface area (Å²) in [6, 6.07) is 64.7. The number of rotatable bonds is 6. The predicted molar refractivity (Wildman–Crippen MR) is 287 cm³/mol. The summed E-state index contributed by atoms with van der Waals surface area (Å²) in [5.41, 5.74) is 21.3. The Labute approximate surface area is 398 Å². The van der Waals surface area contributed by atoms with Crippen molar-refractivity contribution < 1.29 is 0 Å². The summed E-state index contributed by atoms with van der Waals surface area (Å²) in [5, 5.41) is 4.90. The Morgan fingerprint density at radius 2 is 0.701 bits per heavy atom. The van der Waals surface area contributed by atoms with Crippen molar-refractivity contribution in [1.29, 1.82) is 0 Å².